The molecule has 2 aromatic rings. The van der Waals surface area contributed by atoms with Gasteiger partial charge in [0.05, 0.1) is 20.8 Å². The van der Waals surface area contributed by atoms with E-state index in [9.17, 15) is 0 Å². The highest BCUT2D eigenvalue weighted by molar-refractivity contribution is 5.85. The number of nitrogens with one attached hydrogen (secondary N) is 1. The van der Waals surface area contributed by atoms with E-state index in [1.165, 1.54) is 0 Å². The summed E-state index contributed by atoms with van der Waals surface area (Å²) in [5.41, 5.74) is 2.29. The van der Waals surface area contributed by atoms with Crippen LogP contribution in [-0.2, 0) is 13.1 Å². The summed E-state index contributed by atoms with van der Waals surface area (Å²) in [6.07, 6.45) is 0. The Morgan fingerprint density at radius 1 is 0.870 bits per heavy atom. The van der Waals surface area contributed by atoms with E-state index in [0.717, 1.165) is 41.5 Å². The molecule has 0 radical (unpaired) electrons. The average molecular weight is 338 g/mol. The zero-order chi connectivity index (χ0) is 15.8. The smallest absolute Gasteiger partial charge is 0.161 e. The molecular formula is C18H24ClNO3. The third-order valence-electron chi connectivity index (χ3n) is 3.36. The summed E-state index contributed by atoms with van der Waals surface area (Å²) in [5.74, 6) is 2.44. The summed E-state index contributed by atoms with van der Waals surface area (Å²) in [5, 5.41) is 3.42. The molecule has 5 heteroatoms. The van der Waals surface area contributed by atoms with Crippen molar-refractivity contribution in [2.75, 3.05) is 20.8 Å². The molecule has 4 nitrogen and oxygen atoms in total. The predicted octanol–water partition coefficient (Wildman–Crippen LogP) is 3.81. The van der Waals surface area contributed by atoms with Crippen LogP contribution in [0.15, 0.2) is 42.5 Å². The van der Waals surface area contributed by atoms with Crippen LogP contribution in [0, 0.1) is 0 Å². The van der Waals surface area contributed by atoms with E-state index in [1.807, 2.05) is 43.3 Å². The minimum Gasteiger partial charge on any atom is -0.496 e. The van der Waals surface area contributed by atoms with Crippen molar-refractivity contribution >= 4 is 12.4 Å². The molecule has 0 saturated carbocycles. The molecular weight excluding hydrogens is 314 g/mol. The number of methoxy groups -OCH3 is 2. The van der Waals surface area contributed by atoms with Gasteiger partial charge in [0.15, 0.2) is 11.5 Å². The van der Waals surface area contributed by atoms with Gasteiger partial charge < -0.3 is 19.5 Å². The Balaban J connectivity index is 0.00000264. The van der Waals surface area contributed by atoms with Gasteiger partial charge in [-0.2, -0.15) is 0 Å². The summed E-state index contributed by atoms with van der Waals surface area (Å²) < 4.78 is 16.2. The van der Waals surface area contributed by atoms with Gasteiger partial charge in [0.1, 0.15) is 5.75 Å². The van der Waals surface area contributed by atoms with Crippen LogP contribution in [0.25, 0.3) is 0 Å². The minimum absolute atomic E-state index is 0. The third kappa shape index (κ3) is 5.34. The van der Waals surface area contributed by atoms with Gasteiger partial charge in [-0.05, 0) is 30.7 Å². The quantitative estimate of drug-likeness (QED) is 0.795. The molecule has 0 aliphatic heterocycles. The molecule has 0 unspecified atom stereocenters. The minimum atomic E-state index is 0. The zero-order valence-corrected chi connectivity index (χ0v) is 14.6. The molecule has 1 N–H and O–H groups in total. The van der Waals surface area contributed by atoms with E-state index >= 15 is 0 Å². The van der Waals surface area contributed by atoms with Gasteiger partial charge in [-0.3, -0.25) is 0 Å². The number of hydrogen-bond acceptors (Lipinski definition) is 4. The van der Waals surface area contributed by atoms with Crippen molar-refractivity contribution in [1.29, 1.82) is 0 Å². The van der Waals surface area contributed by atoms with Crippen LogP contribution in [0.4, 0.5) is 0 Å². The van der Waals surface area contributed by atoms with Crippen molar-refractivity contribution in [3.63, 3.8) is 0 Å². The van der Waals surface area contributed by atoms with Gasteiger partial charge in [0.2, 0.25) is 0 Å². The highest BCUT2D eigenvalue weighted by Gasteiger charge is 2.06. The van der Waals surface area contributed by atoms with Gasteiger partial charge in [-0.15, -0.1) is 12.4 Å². The van der Waals surface area contributed by atoms with E-state index in [1.54, 1.807) is 14.2 Å². The Hall–Kier alpha value is -1.91. The molecule has 0 spiro atoms. The molecule has 2 rings (SSSR count). The summed E-state index contributed by atoms with van der Waals surface area (Å²) in [7, 11) is 3.34. The highest BCUT2D eigenvalue weighted by atomic mass is 35.5. The fourth-order valence-corrected chi connectivity index (χ4v) is 2.29. The molecule has 0 amide bonds. The molecule has 0 bridgehead atoms. The lowest BCUT2D eigenvalue weighted by Gasteiger charge is -2.12. The van der Waals surface area contributed by atoms with Crippen LogP contribution in [-0.4, -0.2) is 20.8 Å². The maximum atomic E-state index is 5.60. The second-order valence-corrected chi connectivity index (χ2v) is 4.83. The van der Waals surface area contributed by atoms with Crippen molar-refractivity contribution in [2.24, 2.45) is 0 Å². The largest absolute Gasteiger partial charge is 0.496 e. The van der Waals surface area contributed by atoms with E-state index in [-0.39, 0.29) is 12.4 Å². The van der Waals surface area contributed by atoms with Crippen LogP contribution < -0.4 is 19.5 Å². The van der Waals surface area contributed by atoms with Crippen molar-refractivity contribution in [1.82, 2.24) is 5.32 Å². The lowest BCUT2D eigenvalue weighted by atomic mass is 10.1. The van der Waals surface area contributed by atoms with E-state index in [4.69, 9.17) is 14.2 Å². The van der Waals surface area contributed by atoms with Gasteiger partial charge in [-0.1, -0.05) is 24.3 Å². The highest BCUT2D eigenvalue weighted by Crippen LogP contribution is 2.28. The van der Waals surface area contributed by atoms with Crippen LogP contribution in [0.2, 0.25) is 0 Å². The second-order valence-electron chi connectivity index (χ2n) is 4.83. The van der Waals surface area contributed by atoms with E-state index < -0.39 is 0 Å². The fraction of sp³-hybridized carbons (Fsp3) is 0.333. The molecule has 0 aliphatic carbocycles. The molecule has 126 valence electrons. The SMILES string of the molecule is CCOc1cc(CNCc2ccccc2OC)ccc1OC.Cl. The summed E-state index contributed by atoms with van der Waals surface area (Å²) in [6.45, 7) is 4.09. The van der Waals surface area contributed by atoms with Gasteiger partial charge in [0.25, 0.3) is 0 Å². The molecule has 0 aliphatic rings. The molecule has 0 aromatic heterocycles. The topological polar surface area (TPSA) is 39.7 Å². The van der Waals surface area contributed by atoms with Crippen molar-refractivity contribution in [3.8, 4) is 17.2 Å². The number of para-hydroxylation sites is 1. The lowest BCUT2D eigenvalue weighted by Crippen LogP contribution is -2.13. The number of halogens is 1. The first-order valence-electron chi connectivity index (χ1n) is 7.40. The first-order chi connectivity index (χ1) is 10.8. The standard InChI is InChI=1S/C18H23NO3.ClH/c1-4-22-18-11-14(9-10-17(18)21-3)12-19-13-15-7-5-6-8-16(15)20-2;/h5-11,19H,4,12-13H2,1-3H3;1H. The van der Waals surface area contributed by atoms with E-state index in [0.29, 0.717) is 6.61 Å². The Bertz CT molecular complexity index is 605. The predicted molar refractivity (Wildman–Crippen MR) is 94.9 cm³/mol. The number of ether oxygens (including phenoxy) is 3. The first-order valence-corrected chi connectivity index (χ1v) is 7.40. The van der Waals surface area contributed by atoms with Gasteiger partial charge in [-0.25, -0.2) is 0 Å². The van der Waals surface area contributed by atoms with E-state index in [2.05, 4.69) is 11.4 Å². The molecule has 0 fully saturated rings. The molecule has 23 heavy (non-hydrogen) atoms. The van der Waals surface area contributed by atoms with Crippen molar-refractivity contribution < 1.29 is 14.2 Å². The van der Waals surface area contributed by atoms with Crippen LogP contribution >= 0.6 is 12.4 Å². The summed E-state index contributed by atoms with van der Waals surface area (Å²) in [4.78, 5) is 0. The van der Waals surface area contributed by atoms with Gasteiger partial charge >= 0.3 is 0 Å². The maximum Gasteiger partial charge on any atom is 0.161 e. The monoisotopic (exact) mass is 337 g/mol. The number of hydrogen-bond donors (Lipinski definition) is 1. The van der Waals surface area contributed by atoms with Crippen LogP contribution in [0.1, 0.15) is 18.1 Å². The van der Waals surface area contributed by atoms with Gasteiger partial charge in [0, 0.05) is 18.7 Å². The maximum absolute atomic E-state index is 5.60. The second kappa shape index (κ2) is 9.98. The Labute approximate surface area is 144 Å². The molecule has 0 atom stereocenters. The third-order valence-corrected chi connectivity index (χ3v) is 3.36. The summed E-state index contributed by atoms with van der Waals surface area (Å²) >= 11 is 0. The van der Waals surface area contributed by atoms with Crippen LogP contribution in [0.5, 0.6) is 17.2 Å². The Morgan fingerprint density at radius 3 is 2.30 bits per heavy atom. The van der Waals surface area contributed by atoms with Crippen LogP contribution in [0.3, 0.4) is 0 Å². The molecule has 0 saturated heterocycles. The Kier molecular flexibility index (Phi) is 8.30. The normalized spacial score (nSPS) is 9.87. The average Bonchev–Trinajstić information content (AvgIpc) is 2.56. The molecule has 0 heterocycles. The lowest BCUT2D eigenvalue weighted by molar-refractivity contribution is 0.310. The number of benzene rings is 2. The van der Waals surface area contributed by atoms with Crippen molar-refractivity contribution in [3.05, 3.63) is 53.6 Å². The first kappa shape index (κ1) is 19.1. The number of rotatable bonds is 8. The zero-order valence-electron chi connectivity index (χ0n) is 13.8. The summed E-state index contributed by atoms with van der Waals surface area (Å²) in [6, 6.07) is 14.0. The fourth-order valence-electron chi connectivity index (χ4n) is 2.29. The molecule has 2 aromatic carbocycles. The van der Waals surface area contributed by atoms with Crippen molar-refractivity contribution in [2.45, 2.75) is 20.0 Å². The Morgan fingerprint density at radius 2 is 1.61 bits per heavy atom.